The SMILES string of the molecule is CN(CC#N)Cc1cccc(I)c1. The molecule has 3 heteroatoms. The van der Waals surface area contributed by atoms with Crippen LogP contribution in [0.5, 0.6) is 0 Å². The van der Waals surface area contributed by atoms with Gasteiger partial charge in [0.05, 0.1) is 12.6 Å². The van der Waals surface area contributed by atoms with Crippen molar-refractivity contribution in [3.63, 3.8) is 0 Å². The summed E-state index contributed by atoms with van der Waals surface area (Å²) in [7, 11) is 1.95. The maximum atomic E-state index is 8.48. The van der Waals surface area contributed by atoms with Gasteiger partial charge in [-0.15, -0.1) is 0 Å². The van der Waals surface area contributed by atoms with Crippen LogP contribution in [0.4, 0.5) is 0 Å². The maximum Gasteiger partial charge on any atom is 0.0866 e. The number of benzene rings is 1. The van der Waals surface area contributed by atoms with E-state index in [0.29, 0.717) is 6.54 Å². The van der Waals surface area contributed by atoms with Crippen LogP contribution in [0, 0.1) is 14.9 Å². The maximum absolute atomic E-state index is 8.48. The first kappa shape index (κ1) is 10.5. The van der Waals surface area contributed by atoms with Crippen LogP contribution in [0.25, 0.3) is 0 Å². The third-order valence-corrected chi connectivity index (χ3v) is 2.35. The molecule has 0 saturated carbocycles. The van der Waals surface area contributed by atoms with Crippen molar-refractivity contribution in [2.24, 2.45) is 0 Å². The second-order valence-corrected chi connectivity index (χ2v) is 4.21. The van der Waals surface area contributed by atoms with Crippen LogP contribution in [0.1, 0.15) is 5.56 Å². The minimum Gasteiger partial charge on any atom is -0.289 e. The van der Waals surface area contributed by atoms with E-state index in [1.807, 2.05) is 18.0 Å². The zero-order valence-corrected chi connectivity index (χ0v) is 9.65. The van der Waals surface area contributed by atoms with Crippen LogP contribution in [0.3, 0.4) is 0 Å². The molecule has 0 aliphatic heterocycles. The van der Waals surface area contributed by atoms with Gasteiger partial charge in [0.15, 0.2) is 0 Å². The van der Waals surface area contributed by atoms with Gasteiger partial charge in [-0.3, -0.25) is 4.90 Å². The molecule has 0 unspecified atom stereocenters. The Morgan fingerprint density at radius 1 is 1.54 bits per heavy atom. The lowest BCUT2D eigenvalue weighted by Crippen LogP contribution is -2.17. The average Bonchev–Trinajstić information content (AvgIpc) is 2.04. The molecule has 0 atom stereocenters. The third kappa shape index (κ3) is 3.75. The molecule has 0 N–H and O–H groups in total. The summed E-state index contributed by atoms with van der Waals surface area (Å²) in [5.41, 5.74) is 1.25. The summed E-state index contributed by atoms with van der Waals surface area (Å²) in [6, 6.07) is 10.4. The first-order chi connectivity index (χ1) is 6.22. The van der Waals surface area contributed by atoms with Crippen molar-refractivity contribution in [3.05, 3.63) is 33.4 Å². The van der Waals surface area contributed by atoms with E-state index >= 15 is 0 Å². The molecule has 0 fully saturated rings. The molecule has 1 aromatic carbocycles. The molecule has 2 nitrogen and oxygen atoms in total. The summed E-state index contributed by atoms with van der Waals surface area (Å²) in [6.45, 7) is 1.32. The summed E-state index contributed by atoms with van der Waals surface area (Å²) >= 11 is 2.29. The Labute approximate surface area is 92.3 Å². The van der Waals surface area contributed by atoms with E-state index in [4.69, 9.17) is 5.26 Å². The zero-order chi connectivity index (χ0) is 9.68. The minimum atomic E-state index is 0.478. The van der Waals surface area contributed by atoms with E-state index in [-0.39, 0.29) is 0 Å². The molecule has 68 valence electrons. The van der Waals surface area contributed by atoms with Gasteiger partial charge < -0.3 is 0 Å². The van der Waals surface area contributed by atoms with Crippen LogP contribution < -0.4 is 0 Å². The van der Waals surface area contributed by atoms with Crippen molar-refractivity contribution in [1.82, 2.24) is 4.90 Å². The topological polar surface area (TPSA) is 27.0 Å². The van der Waals surface area contributed by atoms with Gasteiger partial charge in [-0.25, -0.2) is 0 Å². The normalized spacial score (nSPS) is 10.0. The lowest BCUT2D eigenvalue weighted by Gasteiger charge is -2.12. The fourth-order valence-electron chi connectivity index (χ4n) is 1.12. The minimum absolute atomic E-state index is 0.478. The number of nitrogens with zero attached hydrogens (tertiary/aromatic N) is 2. The Hall–Kier alpha value is -0.600. The van der Waals surface area contributed by atoms with E-state index in [1.165, 1.54) is 9.13 Å². The predicted octanol–water partition coefficient (Wildman–Crippen LogP) is 2.25. The molecule has 0 aromatic heterocycles. The fourth-order valence-corrected chi connectivity index (χ4v) is 1.73. The Morgan fingerprint density at radius 2 is 2.31 bits per heavy atom. The van der Waals surface area contributed by atoms with Crippen molar-refractivity contribution in [2.45, 2.75) is 6.54 Å². The summed E-state index contributed by atoms with van der Waals surface area (Å²) < 4.78 is 1.24. The molecular formula is C10H11IN2. The van der Waals surface area contributed by atoms with Crippen molar-refractivity contribution < 1.29 is 0 Å². The van der Waals surface area contributed by atoms with Crippen molar-refractivity contribution in [1.29, 1.82) is 5.26 Å². The van der Waals surface area contributed by atoms with Gasteiger partial charge in [0.2, 0.25) is 0 Å². The van der Waals surface area contributed by atoms with E-state index in [2.05, 4.69) is 46.9 Å². The number of nitriles is 1. The van der Waals surface area contributed by atoms with Crippen LogP contribution in [-0.2, 0) is 6.54 Å². The fraction of sp³-hybridized carbons (Fsp3) is 0.300. The van der Waals surface area contributed by atoms with E-state index < -0.39 is 0 Å². The highest BCUT2D eigenvalue weighted by atomic mass is 127. The highest BCUT2D eigenvalue weighted by molar-refractivity contribution is 14.1. The van der Waals surface area contributed by atoms with Gasteiger partial charge in [0, 0.05) is 10.1 Å². The number of halogens is 1. The zero-order valence-electron chi connectivity index (χ0n) is 7.50. The smallest absolute Gasteiger partial charge is 0.0866 e. The van der Waals surface area contributed by atoms with E-state index in [1.54, 1.807) is 0 Å². The average molecular weight is 286 g/mol. The number of hydrogen-bond acceptors (Lipinski definition) is 2. The molecule has 0 radical (unpaired) electrons. The Morgan fingerprint density at radius 3 is 2.92 bits per heavy atom. The molecule has 0 spiro atoms. The van der Waals surface area contributed by atoms with Crippen molar-refractivity contribution in [3.8, 4) is 6.07 Å². The predicted molar refractivity (Wildman–Crippen MR) is 61.1 cm³/mol. The number of rotatable bonds is 3. The first-order valence-electron chi connectivity index (χ1n) is 4.02. The van der Waals surface area contributed by atoms with Gasteiger partial charge in [0.25, 0.3) is 0 Å². The summed E-state index contributed by atoms with van der Waals surface area (Å²) in [5.74, 6) is 0. The third-order valence-electron chi connectivity index (χ3n) is 1.68. The Balaban J connectivity index is 2.59. The second-order valence-electron chi connectivity index (χ2n) is 2.96. The molecule has 0 aliphatic carbocycles. The second kappa shape index (κ2) is 5.20. The lowest BCUT2D eigenvalue weighted by molar-refractivity contribution is 0.367. The van der Waals surface area contributed by atoms with Crippen LogP contribution in [0.2, 0.25) is 0 Å². The number of hydrogen-bond donors (Lipinski definition) is 0. The molecule has 1 rings (SSSR count). The van der Waals surface area contributed by atoms with Gasteiger partial charge >= 0.3 is 0 Å². The van der Waals surface area contributed by atoms with Gasteiger partial charge in [-0.2, -0.15) is 5.26 Å². The summed E-state index contributed by atoms with van der Waals surface area (Å²) in [5, 5.41) is 8.48. The van der Waals surface area contributed by atoms with Crippen LogP contribution >= 0.6 is 22.6 Å². The standard InChI is InChI=1S/C10H11IN2/c1-13(6-5-12)8-9-3-2-4-10(11)7-9/h2-4,7H,6,8H2,1H3. The van der Waals surface area contributed by atoms with Gasteiger partial charge in [-0.05, 0) is 47.3 Å². The lowest BCUT2D eigenvalue weighted by atomic mass is 10.2. The molecule has 0 amide bonds. The summed E-state index contributed by atoms with van der Waals surface area (Å²) in [6.07, 6.45) is 0. The first-order valence-corrected chi connectivity index (χ1v) is 5.10. The summed E-state index contributed by atoms with van der Waals surface area (Å²) in [4.78, 5) is 1.99. The largest absolute Gasteiger partial charge is 0.289 e. The molecule has 13 heavy (non-hydrogen) atoms. The quantitative estimate of drug-likeness (QED) is 0.629. The highest BCUT2D eigenvalue weighted by Gasteiger charge is 1.98. The van der Waals surface area contributed by atoms with Crippen LogP contribution in [-0.4, -0.2) is 18.5 Å². The molecule has 0 saturated heterocycles. The molecule has 1 aromatic rings. The molecule has 0 aliphatic rings. The van der Waals surface area contributed by atoms with Crippen molar-refractivity contribution in [2.75, 3.05) is 13.6 Å². The molecule has 0 bridgehead atoms. The monoisotopic (exact) mass is 286 g/mol. The molecule has 0 heterocycles. The van der Waals surface area contributed by atoms with E-state index in [9.17, 15) is 0 Å². The van der Waals surface area contributed by atoms with Crippen LogP contribution in [0.15, 0.2) is 24.3 Å². The Bertz CT molecular complexity index is 317. The van der Waals surface area contributed by atoms with Gasteiger partial charge in [0.1, 0.15) is 0 Å². The Kier molecular flexibility index (Phi) is 4.19. The van der Waals surface area contributed by atoms with E-state index in [0.717, 1.165) is 6.54 Å². The van der Waals surface area contributed by atoms with Crippen molar-refractivity contribution >= 4 is 22.6 Å². The highest BCUT2D eigenvalue weighted by Crippen LogP contribution is 2.09. The van der Waals surface area contributed by atoms with Gasteiger partial charge in [-0.1, -0.05) is 12.1 Å². The molecular weight excluding hydrogens is 275 g/mol.